The molecule has 0 spiro atoms. The molecular formula is C18H30N8O. The number of urea groups is 1. The van der Waals surface area contributed by atoms with Crippen LogP contribution in [0.15, 0.2) is 6.33 Å². The first kappa shape index (κ1) is 19.3. The fraction of sp³-hybridized carbons (Fsp3) is 0.722. The molecule has 2 amide bonds. The highest BCUT2D eigenvalue weighted by molar-refractivity contribution is 5.76. The molecule has 1 unspecified atom stereocenters. The molecule has 9 heteroatoms. The van der Waals surface area contributed by atoms with Gasteiger partial charge in [-0.25, -0.2) is 14.8 Å². The fourth-order valence-electron chi connectivity index (χ4n) is 3.18. The fourth-order valence-corrected chi connectivity index (χ4v) is 3.18. The molecule has 2 N–H and O–H groups in total. The van der Waals surface area contributed by atoms with Crippen molar-refractivity contribution in [3.63, 3.8) is 0 Å². The smallest absolute Gasteiger partial charge is 0.317 e. The molecule has 1 atom stereocenters. The third kappa shape index (κ3) is 4.28. The maximum Gasteiger partial charge on any atom is 0.317 e. The predicted octanol–water partition coefficient (Wildman–Crippen LogP) is 1.63. The summed E-state index contributed by atoms with van der Waals surface area (Å²) in [7, 11) is 0. The first-order chi connectivity index (χ1) is 12.6. The Hall–Kier alpha value is -2.45. The minimum absolute atomic E-state index is 0.0110. The van der Waals surface area contributed by atoms with Gasteiger partial charge in [-0.2, -0.15) is 10.2 Å². The minimum atomic E-state index is -0.284. The molecule has 3 heterocycles. The summed E-state index contributed by atoms with van der Waals surface area (Å²) in [5, 5.41) is 14.9. The van der Waals surface area contributed by atoms with Crippen molar-refractivity contribution in [1.82, 2.24) is 40.2 Å². The van der Waals surface area contributed by atoms with Gasteiger partial charge in [-0.1, -0.05) is 34.6 Å². The van der Waals surface area contributed by atoms with Gasteiger partial charge in [0, 0.05) is 30.3 Å². The quantitative estimate of drug-likeness (QED) is 0.799. The molecule has 148 valence electrons. The molecule has 1 saturated heterocycles. The van der Waals surface area contributed by atoms with Gasteiger partial charge in [0.15, 0.2) is 11.6 Å². The average Bonchev–Trinajstić information content (AvgIpc) is 3.26. The number of aromatic nitrogens is 6. The van der Waals surface area contributed by atoms with E-state index in [0.29, 0.717) is 19.5 Å². The lowest BCUT2D eigenvalue weighted by molar-refractivity contribution is 0.194. The molecule has 9 nitrogen and oxygen atoms in total. The number of nitrogens with zero attached hydrogens (tertiary/aromatic N) is 6. The number of aromatic amines is 1. The zero-order valence-electron chi connectivity index (χ0n) is 17.1. The number of nitrogens with one attached hydrogen (secondary N) is 2. The Bertz CT molecular complexity index is 800. The van der Waals surface area contributed by atoms with Crippen LogP contribution in [0.25, 0.3) is 0 Å². The molecule has 0 radical (unpaired) electrons. The van der Waals surface area contributed by atoms with E-state index in [1.807, 2.05) is 16.5 Å². The largest absolute Gasteiger partial charge is 0.336 e. The summed E-state index contributed by atoms with van der Waals surface area (Å²) in [6.07, 6.45) is 2.41. The Morgan fingerprint density at radius 2 is 1.96 bits per heavy atom. The predicted molar refractivity (Wildman–Crippen MR) is 101 cm³/mol. The van der Waals surface area contributed by atoms with Gasteiger partial charge >= 0.3 is 6.03 Å². The van der Waals surface area contributed by atoms with E-state index in [9.17, 15) is 4.79 Å². The van der Waals surface area contributed by atoms with Gasteiger partial charge in [-0.05, 0) is 6.92 Å². The van der Waals surface area contributed by atoms with E-state index in [-0.39, 0.29) is 22.9 Å². The Morgan fingerprint density at radius 1 is 1.22 bits per heavy atom. The number of rotatable bonds is 6. The van der Waals surface area contributed by atoms with Crippen LogP contribution < -0.4 is 5.32 Å². The van der Waals surface area contributed by atoms with Gasteiger partial charge in [0.1, 0.15) is 12.2 Å². The molecule has 1 aliphatic heterocycles. The van der Waals surface area contributed by atoms with Crippen molar-refractivity contribution < 1.29 is 4.79 Å². The highest BCUT2D eigenvalue weighted by Crippen LogP contribution is 2.25. The van der Waals surface area contributed by atoms with Crippen molar-refractivity contribution in [2.75, 3.05) is 13.1 Å². The van der Waals surface area contributed by atoms with E-state index in [1.165, 1.54) is 0 Å². The van der Waals surface area contributed by atoms with E-state index in [4.69, 9.17) is 0 Å². The lowest BCUT2D eigenvalue weighted by Crippen LogP contribution is -2.38. The van der Waals surface area contributed by atoms with Crippen molar-refractivity contribution in [2.24, 2.45) is 0 Å². The average molecular weight is 374 g/mol. The van der Waals surface area contributed by atoms with Gasteiger partial charge in [-0.15, -0.1) is 0 Å². The first-order valence-electron chi connectivity index (χ1n) is 9.42. The SMILES string of the molecule is CC(Cn1cnc(C(C)(C)Cc2nc(C(C)(C)C)n[nH]2)n1)N1CCNC1=O. The molecule has 3 rings (SSSR count). The van der Waals surface area contributed by atoms with Crippen LogP contribution in [0.1, 0.15) is 59.0 Å². The third-order valence-electron chi connectivity index (χ3n) is 4.83. The summed E-state index contributed by atoms with van der Waals surface area (Å²) in [5.41, 5.74) is -0.370. The van der Waals surface area contributed by atoms with Crippen LogP contribution in [0.4, 0.5) is 4.79 Å². The topological polar surface area (TPSA) is 105 Å². The van der Waals surface area contributed by atoms with Crippen LogP contribution in [-0.4, -0.2) is 60.0 Å². The molecule has 0 bridgehead atoms. The van der Waals surface area contributed by atoms with Crippen LogP contribution >= 0.6 is 0 Å². The second-order valence-corrected chi connectivity index (χ2v) is 8.98. The van der Waals surface area contributed by atoms with Crippen LogP contribution in [0, 0.1) is 0 Å². The number of hydrogen-bond acceptors (Lipinski definition) is 5. The second kappa shape index (κ2) is 6.94. The Balaban J connectivity index is 1.67. The van der Waals surface area contributed by atoms with Crippen LogP contribution in [0.3, 0.4) is 0 Å². The monoisotopic (exact) mass is 374 g/mol. The third-order valence-corrected chi connectivity index (χ3v) is 4.83. The summed E-state index contributed by atoms with van der Waals surface area (Å²) in [6.45, 7) is 14.6. The van der Waals surface area contributed by atoms with E-state index in [2.05, 4.69) is 65.2 Å². The molecule has 0 aliphatic carbocycles. The Morgan fingerprint density at radius 3 is 2.56 bits per heavy atom. The maximum atomic E-state index is 11.8. The lowest BCUT2D eigenvalue weighted by Gasteiger charge is -2.23. The molecule has 0 saturated carbocycles. The molecule has 1 aliphatic rings. The van der Waals surface area contributed by atoms with Gasteiger partial charge in [-0.3, -0.25) is 9.78 Å². The summed E-state index contributed by atoms with van der Waals surface area (Å²) < 4.78 is 1.81. The number of carbonyl (C=O) groups is 1. The molecular weight excluding hydrogens is 344 g/mol. The number of H-pyrrole nitrogens is 1. The summed E-state index contributed by atoms with van der Waals surface area (Å²) in [6, 6.07) is 0.0527. The zero-order valence-corrected chi connectivity index (χ0v) is 17.1. The van der Waals surface area contributed by atoms with Gasteiger partial charge < -0.3 is 10.2 Å². The van der Waals surface area contributed by atoms with Gasteiger partial charge in [0.25, 0.3) is 0 Å². The summed E-state index contributed by atoms with van der Waals surface area (Å²) >= 11 is 0. The van der Waals surface area contributed by atoms with Gasteiger partial charge in [0.05, 0.1) is 12.6 Å². The molecule has 2 aromatic heterocycles. The molecule has 27 heavy (non-hydrogen) atoms. The van der Waals surface area contributed by atoms with Crippen molar-refractivity contribution in [1.29, 1.82) is 0 Å². The molecule has 2 aromatic rings. The summed E-state index contributed by atoms with van der Waals surface area (Å²) in [4.78, 5) is 22.8. The number of amides is 2. The normalized spacial score (nSPS) is 16.7. The van der Waals surface area contributed by atoms with E-state index in [0.717, 1.165) is 24.0 Å². The maximum absolute atomic E-state index is 11.8. The van der Waals surface area contributed by atoms with Crippen LogP contribution in [0.2, 0.25) is 0 Å². The van der Waals surface area contributed by atoms with Crippen molar-refractivity contribution in [2.45, 2.75) is 71.4 Å². The van der Waals surface area contributed by atoms with Gasteiger partial charge in [0.2, 0.25) is 0 Å². The minimum Gasteiger partial charge on any atom is -0.336 e. The van der Waals surface area contributed by atoms with Crippen molar-refractivity contribution in [3.05, 3.63) is 23.8 Å². The standard InChI is InChI=1S/C18H30N8O/c1-12(26-8-7-19-16(26)27)10-25-11-20-15(24-25)18(5,6)9-13-21-14(23-22-13)17(2,3)4/h11-12H,7-10H2,1-6H3,(H,19,27)(H,21,22,23). The van der Waals surface area contributed by atoms with E-state index in [1.54, 1.807) is 6.33 Å². The molecule has 1 fully saturated rings. The van der Waals surface area contributed by atoms with Crippen LogP contribution in [-0.2, 0) is 23.8 Å². The van der Waals surface area contributed by atoms with E-state index >= 15 is 0 Å². The van der Waals surface area contributed by atoms with Crippen molar-refractivity contribution >= 4 is 6.03 Å². The Kier molecular flexibility index (Phi) is 4.96. The number of hydrogen-bond donors (Lipinski definition) is 2. The Labute approximate surface area is 160 Å². The van der Waals surface area contributed by atoms with Crippen LogP contribution in [0.5, 0.6) is 0 Å². The molecule has 0 aromatic carbocycles. The van der Waals surface area contributed by atoms with Crippen molar-refractivity contribution in [3.8, 4) is 0 Å². The summed E-state index contributed by atoms with van der Waals surface area (Å²) in [5.74, 6) is 2.40. The first-order valence-corrected chi connectivity index (χ1v) is 9.42. The van der Waals surface area contributed by atoms with E-state index < -0.39 is 0 Å². The second-order valence-electron chi connectivity index (χ2n) is 8.98. The zero-order chi connectivity index (χ0) is 19.8. The lowest BCUT2D eigenvalue weighted by atomic mass is 9.88. The number of carbonyl (C=O) groups excluding carboxylic acids is 1. The highest BCUT2D eigenvalue weighted by Gasteiger charge is 2.30. The highest BCUT2D eigenvalue weighted by atomic mass is 16.2.